The molecule has 0 bridgehead atoms. The molecule has 0 aliphatic rings. The van der Waals surface area contributed by atoms with E-state index in [1.54, 1.807) is 6.92 Å². The number of Topliss-reactive ketones (excluding diaryl/α,β-unsaturated/α-hetero) is 1. The van der Waals surface area contributed by atoms with Crippen LogP contribution < -0.4 is 5.32 Å². The predicted molar refractivity (Wildman–Crippen MR) is 123 cm³/mol. The molecule has 3 rings (SSSR count). The summed E-state index contributed by atoms with van der Waals surface area (Å²) in [5.41, 5.74) is 3.34. The Kier molecular flexibility index (Phi) is 8.10. The lowest BCUT2D eigenvalue weighted by Gasteiger charge is -2.21. The van der Waals surface area contributed by atoms with Gasteiger partial charge in [0, 0.05) is 19.4 Å². The van der Waals surface area contributed by atoms with Gasteiger partial charge in [-0.3, -0.25) is 14.7 Å². The van der Waals surface area contributed by atoms with E-state index in [0.717, 1.165) is 16.7 Å². The summed E-state index contributed by atoms with van der Waals surface area (Å²) in [5.74, 6) is -1.49. The van der Waals surface area contributed by atoms with Crippen molar-refractivity contribution in [2.45, 2.75) is 38.8 Å². The molecule has 2 atom stereocenters. The van der Waals surface area contributed by atoms with E-state index in [9.17, 15) is 19.5 Å². The zero-order valence-electron chi connectivity index (χ0n) is 18.6. The Morgan fingerprint density at radius 3 is 2.33 bits per heavy atom. The Morgan fingerprint density at radius 2 is 1.73 bits per heavy atom. The number of nitrogens with zero attached hydrogens (tertiary/aromatic N) is 1. The van der Waals surface area contributed by atoms with Gasteiger partial charge in [-0.1, -0.05) is 54.6 Å². The van der Waals surface area contributed by atoms with Crippen molar-refractivity contribution < 1.29 is 24.2 Å². The van der Waals surface area contributed by atoms with Crippen LogP contribution in [0.4, 0.5) is 0 Å². The van der Waals surface area contributed by atoms with Gasteiger partial charge in [0.2, 0.25) is 0 Å². The van der Waals surface area contributed by atoms with Gasteiger partial charge in [-0.25, -0.2) is 4.79 Å². The van der Waals surface area contributed by atoms with Gasteiger partial charge in [-0.15, -0.1) is 0 Å². The number of ether oxygens (including phenoxy) is 1. The number of amides is 1. The summed E-state index contributed by atoms with van der Waals surface area (Å²) in [6.45, 7) is 3.16. The summed E-state index contributed by atoms with van der Waals surface area (Å²) < 4.78 is 4.88. The van der Waals surface area contributed by atoms with E-state index < -0.39 is 24.0 Å². The highest BCUT2D eigenvalue weighted by Crippen LogP contribution is 2.20. The number of hydrogen-bond acceptors (Lipinski definition) is 6. The number of carbonyl (C=O) groups excluding carboxylic acids is 3. The number of ketones is 1. The summed E-state index contributed by atoms with van der Waals surface area (Å²) in [7, 11) is 0. The van der Waals surface area contributed by atoms with Crippen LogP contribution in [0.1, 0.15) is 46.8 Å². The molecule has 1 aromatic heterocycles. The van der Waals surface area contributed by atoms with Gasteiger partial charge in [0.05, 0.1) is 6.61 Å². The standard InChI is InChI=1S/C25H27N3O5/c1-3-33-25(32)23(30)14-20(26-24(31)22-15-21(16(2)29)27-28-22)13-17-9-11-19(12-10-17)18-7-5-4-6-8-18/h4-12,15,20,23,30H,3,13-14H2,1-2H3,(H,26,31)(H,27,28). The molecule has 3 aromatic rings. The first kappa shape index (κ1) is 23.9. The summed E-state index contributed by atoms with van der Waals surface area (Å²) in [4.78, 5) is 36.1. The quantitative estimate of drug-likeness (QED) is 0.323. The summed E-state index contributed by atoms with van der Waals surface area (Å²) in [6.07, 6.45) is -1.03. The number of esters is 1. The maximum Gasteiger partial charge on any atom is 0.335 e. The van der Waals surface area contributed by atoms with E-state index >= 15 is 0 Å². The van der Waals surface area contributed by atoms with E-state index in [1.807, 2.05) is 54.6 Å². The number of aromatic amines is 1. The minimum atomic E-state index is -1.38. The molecular formula is C25H27N3O5. The fraction of sp³-hybridized carbons (Fsp3) is 0.280. The number of rotatable bonds is 10. The number of H-pyrrole nitrogens is 1. The first-order valence-electron chi connectivity index (χ1n) is 10.7. The van der Waals surface area contributed by atoms with Crippen LogP contribution in [0.5, 0.6) is 0 Å². The zero-order valence-corrected chi connectivity index (χ0v) is 18.6. The zero-order chi connectivity index (χ0) is 23.8. The lowest BCUT2D eigenvalue weighted by Crippen LogP contribution is -2.41. The van der Waals surface area contributed by atoms with Crippen molar-refractivity contribution in [1.29, 1.82) is 0 Å². The largest absolute Gasteiger partial charge is 0.464 e. The maximum absolute atomic E-state index is 12.7. The SMILES string of the molecule is CCOC(=O)C(O)CC(Cc1ccc(-c2ccccc2)cc1)NC(=O)c1cc(C(C)=O)n[nH]1. The topological polar surface area (TPSA) is 121 Å². The third-order valence-electron chi connectivity index (χ3n) is 5.13. The molecule has 8 nitrogen and oxygen atoms in total. The van der Waals surface area contributed by atoms with Crippen molar-refractivity contribution >= 4 is 17.7 Å². The first-order chi connectivity index (χ1) is 15.9. The highest BCUT2D eigenvalue weighted by Gasteiger charge is 2.24. The van der Waals surface area contributed by atoms with Crippen LogP contribution >= 0.6 is 0 Å². The van der Waals surface area contributed by atoms with Gasteiger partial charge in [0.15, 0.2) is 11.9 Å². The van der Waals surface area contributed by atoms with Gasteiger partial charge < -0.3 is 15.2 Å². The second kappa shape index (κ2) is 11.2. The number of hydrogen-bond donors (Lipinski definition) is 3. The molecule has 1 amide bonds. The molecule has 33 heavy (non-hydrogen) atoms. The lowest BCUT2D eigenvalue weighted by atomic mass is 9.97. The van der Waals surface area contributed by atoms with Crippen molar-refractivity contribution in [3.05, 3.63) is 77.6 Å². The molecule has 172 valence electrons. The number of aliphatic hydroxyl groups excluding tert-OH is 1. The monoisotopic (exact) mass is 449 g/mol. The molecule has 0 saturated carbocycles. The average Bonchev–Trinajstić information content (AvgIpc) is 3.31. The molecule has 0 spiro atoms. The molecular weight excluding hydrogens is 422 g/mol. The van der Waals surface area contributed by atoms with Crippen molar-refractivity contribution in [2.24, 2.45) is 0 Å². The predicted octanol–water partition coefficient (Wildman–Crippen LogP) is 2.93. The van der Waals surface area contributed by atoms with Crippen LogP contribution in [0, 0.1) is 0 Å². The summed E-state index contributed by atoms with van der Waals surface area (Å²) in [6, 6.07) is 18.6. The lowest BCUT2D eigenvalue weighted by molar-refractivity contribution is -0.153. The van der Waals surface area contributed by atoms with Crippen LogP contribution in [0.25, 0.3) is 11.1 Å². The maximum atomic E-state index is 12.7. The fourth-order valence-electron chi connectivity index (χ4n) is 3.43. The molecule has 8 heteroatoms. The smallest absolute Gasteiger partial charge is 0.335 e. The van der Waals surface area contributed by atoms with Gasteiger partial charge >= 0.3 is 5.97 Å². The van der Waals surface area contributed by atoms with Crippen molar-refractivity contribution in [3.8, 4) is 11.1 Å². The van der Waals surface area contributed by atoms with Crippen LogP contribution in [-0.2, 0) is 16.0 Å². The number of carbonyl (C=O) groups is 3. The minimum Gasteiger partial charge on any atom is -0.464 e. The van der Waals surface area contributed by atoms with Crippen molar-refractivity contribution in [3.63, 3.8) is 0 Å². The second-order valence-electron chi connectivity index (χ2n) is 7.66. The van der Waals surface area contributed by atoms with E-state index in [0.29, 0.717) is 6.42 Å². The fourth-order valence-corrected chi connectivity index (χ4v) is 3.43. The summed E-state index contributed by atoms with van der Waals surface area (Å²) in [5, 5.41) is 19.4. The molecule has 2 aromatic carbocycles. The normalized spacial score (nSPS) is 12.6. The highest BCUT2D eigenvalue weighted by atomic mass is 16.5. The number of aliphatic hydroxyl groups is 1. The average molecular weight is 450 g/mol. The Balaban J connectivity index is 1.75. The Hall–Kier alpha value is -3.78. The molecule has 3 N–H and O–H groups in total. The van der Waals surface area contributed by atoms with E-state index in [-0.39, 0.29) is 30.2 Å². The second-order valence-corrected chi connectivity index (χ2v) is 7.66. The molecule has 1 heterocycles. The van der Waals surface area contributed by atoms with Crippen LogP contribution in [0.15, 0.2) is 60.7 Å². The number of aromatic nitrogens is 2. The molecule has 0 aliphatic carbocycles. The number of nitrogens with one attached hydrogen (secondary N) is 2. The highest BCUT2D eigenvalue weighted by molar-refractivity contribution is 5.97. The molecule has 0 radical (unpaired) electrons. The van der Waals surface area contributed by atoms with E-state index in [1.165, 1.54) is 13.0 Å². The Labute approximate surface area is 192 Å². The molecule has 0 saturated heterocycles. The van der Waals surface area contributed by atoms with Gasteiger partial charge in [0.25, 0.3) is 5.91 Å². The van der Waals surface area contributed by atoms with Gasteiger partial charge in [-0.2, -0.15) is 5.10 Å². The Morgan fingerprint density at radius 1 is 1.06 bits per heavy atom. The number of benzene rings is 2. The minimum absolute atomic E-state index is 0.0291. The third kappa shape index (κ3) is 6.60. The molecule has 0 aliphatic heterocycles. The first-order valence-corrected chi connectivity index (χ1v) is 10.7. The van der Waals surface area contributed by atoms with Crippen LogP contribution in [0.3, 0.4) is 0 Å². The molecule has 2 unspecified atom stereocenters. The van der Waals surface area contributed by atoms with Crippen LogP contribution in [0.2, 0.25) is 0 Å². The van der Waals surface area contributed by atoms with Crippen LogP contribution in [-0.4, -0.2) is 51.7 Å². The Bertz CT molecular complexity index is 1090. The van der Waals surface area contributed by atoms with Gasteiger partial charge in [-0.05, 0) is 36.1 Å². The van der Waals surface area contributed by atoms with Crippen molar-refractivity contribution in [1.82, 2.24) is 15.5 Å². The van der Waals surface area contributed by atoms with Crippen molar-refractivity contribution in [2.75, 3.05) is 6.61 Å². The summed E-state index contributed by atoms with van der Waals surface area (Å²) >= 11 is 0. The van der Waals surface area contributed by atoms with Gasteiger partial charge in [0.1, 0.15) is 11.4 Å². The molecule has 0 fully saturated rings. The third-order valence-corrected chi connectivity index (χ3v) is 5.13. The van der Waals surface area contributed by atoms with E-state index in [2.05, 4.69) is 15.5 Å². The van der Waals surface area contributed by atoms with E-state index in [4.69, 9.17) is 4.74 Å².